The molecule has 0 spiro atoms. The summed E-state index contributed by atoms with van der Waals surface area (Å²) in [6.07, 6.45) is 3.16. The summed E-state index contributed by atoms with van der Waals surface area (Å²) in [7, 11) is 0. The minimum atomic E-state index is -0.352. The summed E-state index contributed by atoms with van der Waals surface area (Å²) in [5.74, 6) is -0.906. The first-order valence-electron chi connectivity index (χ1n) is 11.6. The van der Waals surface area contributed by atoms with Crippen LogP contribution in [0.2, 0.25) is 0 Å². The molecule has 0 saturated heterocycles. The van der Waals surface area contributed by atoms with Gasteiger partial charge in [0.05, 0.1) is 6.42 Å². The molecule has 3 amide bonds. The smallest absolute Gasteiger partial charge is 0.270 e. The molecule has 34 heavy (non-hydrogen) atoms. The van der Waals surface area contributed by atoms with Gasteiger partial charge < -0.3 is 5.32 Å². The Hall–Kier alpha value is -3.74. The molecule has 0 bridgehead atoms. The third-order valence-corrected chi connectivity index (χ3v) is 6.39. The summed E-state index contributed by atoms with van der Waals surface area (Å²) in [4.78, 5) is 37.3. The Morgan fingerprint density at radius 3 is 2.38 bits per heavy atom. The van der Waals surface area contributed by atoms with E-state index in [2.05, 4.69) is 16.2 Å². The number of carbonyl (C=O) groups is 3. The van der Waals surface area contributed by atoms with Crippen molar-refractivity contribution in [3.05, 3.63) is 83.7 Å². The molecule has 3 aromatic carbocycles. The van der Waals surface area contributed by atoms with Gasteiger partial charge in [0.1, 0.15) is 5.82 Å². The first-order chi connectivity index (χ1) is 16.5. The average Bonchev–Trinajstić information content (AvgIpc) is 2.86. The highest BCUT2D eigenvalue weighted by molar-refractivity contribution is 6.07. The van der Waals surface area contributed by atoms with Crippen molar-refractivity contribution in [2.24, 2.45) is 11.8 Å². The lowest BCUT2D eigenvalue weighted by molar-refractivity contribution is -0.127. The van der Waals surface area contributed by atoms with E-state index >= 15 is 0 Å². The predicted molar refractivity (Wildman–Crippen MR) is 128 cm³/mol. The zero-order valence-electron chi connectivity index (χ0n) is 18.9. The number of benzene rings is 3. The number of amides is 3. The Morgan fingerprint density at radius 2 is 1.59 bits per heavy atom. The highest BCUT2D eigenvalue weighted by atomic mass is 19.1. The molecule has 3 aromatic rings. The van der Waals surface area contributed by atoms with Crippen molar-refractivity contribution in [3.63, 3.8) is 0 Å². The third-order valence-electron chi connectivity index (χ3n) is 6.39. The number of hydrazine groups is 1. The van der Waals surface area contributed by atoms with Gasteiger partial charge in [-0.3, -0.25) is 25.2 Å². The second-order valence-electron chi connectivity index (χ2n) is 8.80. The van der Waals surface area contributed by atoms with Gasteiger partial charge in [0.2, 0.25) is 11.8 Å². The van der Waals surface area contributed by atoms with Gasteiger partial charge in [0.15, 0.2) is 0 Å². The van der Waals surface area contributed by atoms with Crippen molar-refractivity contribution < 1.29 is 18.8 Å². The van der Waals surface area contributed by atoms with Crippen LogP contribution < -0.4 is 16.2 Å². The summed E-state index contributed by atoms with van der Waals surface area (Å²) in [6, 6.07) is 19.1. The molecule has 0 atom stereocenters. The monoisotopic (exact) mass is 461 g/mol. The maximum absolute atomic E-state index is 13.3. The van der Waals surface area contributed by atoms with E-state index in [1.807, 2.05) is 36.4 Å². The highest BCUT2D eigenvalue weighted by Gasteiger charge is 2.27. The van der Waals surface area contributed by atoms with E-state index in [0.717, 1.165) is 23.6 Å². The molecule has 4 rings (SSSR count). The third kappa shape index (κ3) is 5.98. The predicted octanol–water partition coefficient (Wildman–Crippen LogP) is 3.91. The zero-order chi connectivity index (χ0) is 23.9. The van der Waals surface area contributed by atoms with Crippen molar-refractivity contribution in [1.82, 2.24) is 16.2 Å². The lowest BCUT2D eigenvalue weighted by atomic mass is 9.81. The Kier molecular flexibility index (Phi) is 7.52. The molecular weight excluding hydrogens is 433 g/mol. The van der Waals surface area contributed by atoms with Crippen molar-refractivity contribution in [3.8, 4) is 0 Å². The summed E-state index contributed by atoms with van der Waals surface area (Å²) >= 11 is 0. The van der Waals surface area contributed by atoms with Crippen LogP contribution in [0, 0.1) is 17.7 Å². The van der Waals surface area contributed by atoms with Crippen LogP contribution >= 0.6 is 0 Å². The van der Waals surface area contributed by atoms with E-state index in [4.69, 9.17) is 0 Å². The molecule has 0 aliphatic heterocycles. The van der Waals surface area contributed by atoms with E-state index < -0.39 is 0 Å². The molecule has 0 aromatic heterocycles. The molecule has 0 unspecified atom stereocenters. The average molecular weight is 462 g/mol. The van der Waals surface area contributed by atoms with Crippen molar-refractivity contribution in [1.29, 1.82) is 0 Å². The van der Waals surface area contributed by atoms with E-state index in [1.54, 1.807) is 18.2 Å². The molecule has 7 heteroatoms. The van der Waals surface area contributed by atoms with Gasteiger partial charge in [-0.25, -0.2) is 4.39 Å². The van der Waals surface area contributed by atoms with Crippen LogP contribution in [-0.2, 0) is 16.0 Å². The SMILES string of the molecule is O=C(Cc1cccc(F)c1)NCC1CCC(C(=O)NNC(=O)c2cccc3ccccc23)CC1. The normalized spacial score (nSPS) is 17.7. The minimum Gasteiger partial charge on any atom is -0.356 e. The van der Waals surface area contributed by atoms with Crippen LogP contribution in [0.3, 0.4) is 0 Å². The number of rotatable bonds is 6. The fraction of sp³-hybridized carbons (Fsp3) is 0.296. The van der Waals surface area contributed by atoms with Crippen LogP contribution in [0.25, 0.3) is 10.8 Å². The fourth-order valence-corrected chi connectivity index (χ4v) is 4.49. The van der Waals surface area contributed by atoms with Crippen LogP contribution in [0.4, 0.5) is 4.39 Å². The van der Waals surface area contributed by atoms with Gasteiger partial charge >= 0.3 is 0 Å². The van der Waals surface area contributed by atoms with Gasteiger partial charge in [-0.2, -0.15) is 0 Å². The number of nitrogens with one attached hydrogen (secondary N) is 3. The van der Waals surface area contributed by atoms with Crippen molar-refractivity contribution in [2.75, 3.05) is 6.54 Å². The highest BCUT2D eigenvalue weighted by Crippen LogP contribution is 2.28. The van der Waals surface area contributed by atoms with E-state index in [9.17, 15) is 18.8 Å². The van der Waals surface area contributed by atoms with Gasteiger partial charge in [-0.15, -0.1) is 0 Å². The lowest BCUT2D eigenvalue weighted by Gasteiger charge is -2.28. The van der Waals surface area contributed by atoms with Crippen LogP contribution in [0.15, 0.2) is 66.7 Å². The Balaban J connectivity index is 1.19. The van der Waals surface area contributed by atoms with Gasteiger partial charge in [0, 0.05) is 18.0 Å². The zero-order valence-corrected chi connectivity index (χ0v) is 18.9. The maximum atomic E-state index is 13.3. The molecule has 0 radical (unpaired) electrons. The Morgan fingerprint density at radius 1 is 0.853 bits per heavy atom. The summed E-state index contributed by atoms with van der Waals surface area (Å²) < 4.78 is 13.3. The lowest BCUT2D eigenvalue weighted by Crippen LogP contribution is -2.45. The second-order valence-corrected chi connectivity index (χ2v) is 8.80. The summed E-state index contributed by atoms with van der Waals surface area (Å²) in [6.45, 7) is 0.542. The topological polar surface area (TPSA) is 87.3 Å². The van der Waals surface area contributed by atoms with Gasteiger partial charge in [0.25, 0.3) is 5.91 Å². The van der Waals surface area contributed by atoms with Crippen molar-refractivity contribution in [2.45, 2.75) is 32.1 Å². The quantitative estimate of drug-likeness (QED) is 0.487. The largest absolute Gasteiger partial charge is 0.356 e. The molecule has 6 nitrogen and oxygen atoms in total. The number of hydrogen-bond donors (Lipinski definition) is 3. The molecule has 0 heterocycles. The Bertz CT molecular complexity index is 1180. The molecule has 1 fully saturated rings. The van der Waals surface area contributed by atoms with E-state index in [1.165, 1.54) is 12.1 Å². The summed E-state index contributed by atoms with van der Waals surface area (Å²) in [5.41, 5.74) is 6.27. The minimum absolute atomic E-state index is 0.137. The standard InChI is InChI=1S/C27H28FN3O3/c28-22-8-3-5-19(15-22)16-25(32)29-17-18-11-13-21(14-12-18)26(33)30-31-27(34)24-10-4-7-20-6-1-2-9-23(20)24/h1-10,15,18,21H,11-14,16-17H2,(H,29,32)(H,30,33)(H,31,34). The van der Waals surface area contributed by atoms with Crippen molar-refractivity contribution >= 4 is 28.5 Å². The Labute approximate surface area is 197 Å². The van der Waals surface area contributed by atoms with E-state index in [0.29, 0.717) is 36.4 Å². The molecule has 1 aliphatic rings. The number of carbonyl (C=O) groups excluding carboxylic acids is 3. The number of fused-ring (bicyclic) bond motifs is 1. The van der Waals surface area contributed by atoms with Gasteiger partial charge in [-0.05, 0) is 66.1 Å². The van der Waals surface area contributed by atoms with Crippen LogP contribution in [0.5, 0.6) is 0 Å². The number of hydrogen-bond acceptors (Lipinski definition) is 3. The molecule has 1 aliphatic carbocycles. The second kappa shape index (κ2) is 10.9. The molecule has 1 saturated carbocycles. The molecule has 176 valence electrons. The van der Waals surface area contributed by atoms with Gasteiger partial charge in [-0.1, -0.05) is 48.5 Å². The fourth-order valence-electron chi connectivity index (χ4n) is 4.49. The van der Waals surface area contributed by atoms with Crippen LogP contribution in [0.1, 0.15) is 41.6 Å². The molecule has 3 N–H and O–H groups in total. The summed E-state index contributed by atoms with van der Waals surface area (Å²) in [5, 5.41) is 4.71. The first kappa shape index (κ1) is 23.4. The number of halogens is 1. The molecular formula is C27H28FN3O3. The van der Waals surface area contributed by atoms with E-state index in [-0.39, 0.29) is 35.9 Å². The maximum Gasteiger partial charge on any atom is 0.270 e. The first-order valence-corrected chi connectivity index (χ1v) is 11.6. The van der Waals surface area contributed by atoms with Crippen LogP contribution in [-0.4, -0.2) is 24.3 Å².